The molecule has 0 spiro atoms. The van der Waals surface area contributed by atoms with Gasteiger partial charge in [0.1, 0.15) is 6.07 Å². The van der Waals surface area contributed by atoms with E-state index in [2.05, 4.69) is 23.7 Å². The Labute approximate surface area is 138 Å². The fraction of sp³-hybridized carbons (Fsp3) is 0.0500. The van der Waals surface area contributed by atoms with E-state index in [1.54, 1.807) is 24.3 Å². The molecule has 0 amide bonds. The van der Waals surface area contributed by atoms with E-state index >= 15 is 0 Å². The first kappa shape index (κ1) is 16.9. The topological polar surface area (TPSA) is 23.8 Å². The van der Waals surface area contributed by atoms with Crippen LogP contribution in [0.3, 0.4) is 0 Å². The summed E-state index contributed by atoms with van der Waals surface area (Å²) >= 11 is 0. The van der Waals surface area contributed by atoms with Crippen molar-refractivity contribution in [2.24, 2.45) is 0 Å². The Hall–Kier alpha value is -3.42. The van der Waals surface area contributed by atoms with Crippen LogP contribution in [0.5, 0.6) is 0 Å². The molecule has 116 valence electrons. The number of nitriles is 1. The molecule has 1 nitrogen and oxygen atoms in total. The molecule has 2 rings (SSSR count). The summed E-state index contributed by atoms with van der Waals surface area (Å²) < 4.78 is 38.4. The van der Waals surface area contributed by atoms with Gasteiger partial charge in [-0.2, -0.15) is 18.4 Å². The Morgan fingerprint density at radius 2 is 1.25 bits per heavy atom. The quantitative estimate of drug-likeness (QED) is 0.654. The van der Waals surface area contributed by atoms with Gasteiger partial charge in [-0.15, -0.1) is 0 Å². The van der Waals surface area contributed by atoms with E-state index in [1.165, 1.54) is 30.4 Å². The van der Waals surface area contributed by atoms with Gasteiger partial charge in [-0.1, -0.05) is 47.9 Å². The summed E-state index contributed by atoms with van der Waals surface area (Å²) in [4.78, 5) is 0. The van der Waals surface area contributed by atoms with Gasteiger partial charge in [-0.3, -0.25) is 0 Å². The zero-order valence-corrected chi connectivity index (χ0v) is 12.4. The summed E-state index contributed by atoms with van der Waals surface area (Å²) in [5, 5.41) is 8.93. The molecule has 0 atom stereocenters. The Morgan fingerprint density at radius 3 is 1.83 bits per heavy atom. The standard InChI is InChI=1S/C20H10F3N/c21-20(22,23)19-14-8-7-12-17(19)11-4-2-1-3-9-16-10-5-6-13-18(16)15-24/h1-2,5-8,10,12-14H. The fourth-order valence-electron chi connectivity index (χ4n) is 1.85. The second-order valence-corrected chi connectivity index (χ2v) is 4.57. The lowest BCUT2D eigenvalue weighted by Crippen LogP contribution is -2.07. The Morgan fingerprint density at radius 1 is 0.750 bits per heavy atom. The number of hydrogen-bond donors (Lipinski definition) is 0. The molecule has 0 radical (unpaired) electrons. The Kier molecular flexibility index (Phi) is 5.45. The van der Waals surface area contributed by atoms with Gasteiger partial charge >= 0.3 is 6.18 Å². The van der Waals surface area contributed by atoms with Gasteiger partial charge in [-0.25, -0.2) is 0 Å². The zero-order chi connectivity index (χ0) is 17.4. The van der Waals surface area contributed by atoms with Gasteiger partial charge in [0.05, 0.1) is 11.1 Å². The number of alkyl halides is 3. The van der Waals surface area contributed by atoms with Crippen LogP contribution in [0.15, 0.2) is 60.7 Å². The third-order valence-electron chi connectivity index (χ3n) is 2.94. The fourth-order valence-corrected chi connectivity index (χ4v) is 1.85. The van der Waals surface area contributed by atoms with Crippen molar-refractivity contribution in [1.82, 2.24) is 0 Å². The minimum absolute atomic E-state index is 0.0857. The molecule has 0 aromatic heterocycles. The summed E-state index contributed by atoms with van der Waals surface area (Å²) in [6, 6.07) is 14.0. The Balaban J connectivity index is 2.15. The van der Waals surface area contributed by atoms with Crippen molar-refractivity contribution in [3.05, 3.63) is 82.9 Å². The van der Waals surface area contributed by atoms with E-state index in [4.69, 9.17) is 5.26 Å². The van der Waals surface area contributed by atoms with E-state index in [0.29, 0.717) is 11.1 Å². The smallest absolute Gasteiger partial charge is 0.192 e. The van der Waals surface area contributed by atoms with E-state index < -0.39 is 11.7 Å². The number of rotatable bonds is 0. The summed E-state index contributed by atoms with van der Waals surface area (Å²) in [7, 11) is 0. The molecular formula is C20H10F3N. The molecule has 24 heavy (non-hydrogen) atoms. The number of allylic oxidation sites excluding steroid dienone is 2. The largest absolute Gasteiger partial charge is 0.417 e. The molecule has 0 fully saturated rings. The minimum Gasteiger partial charge on any atom is -0.192 e. The third kappa shape index (κ3) is 4.54. The molecule has 0 aliphatic carbocycles. The lowest BCUT2D eigenvalue weighted by atomic mass is 10.1. The van der Waals surface area contributed by atoms with Crippen LogP contribution in [0.25, 0.3) is 0 Å². The second-order valence-electron chi connectivity index (χ2n) is 4.57. The number of hydrogen-bond acceptors (Lipinski definition) is 1. The number of halogens is 3. The van der Waals surface area contributed by atoms with Crippen LogP contribution in [0.1, 0.15) is 22.3 Å². The van der Waals surface area contributed by atoms with Crippen LogP contribution in [0.4, 0.5) is 13.2 Å². The predicted molar refractivity (Wildman–Crippen MR) is 85.5 cm³/mol. The van der Waals surface area contributed by atoms with Crippen molar-refractivity contribution in [2.75, 3.05) is 0 Å². The van der Waals surface area contributed by atoms with Crippen LogP contribution >= 0.6 is 0 Å². The molecule has 2 aromatic carbocycles. The highest BCUT2D eigenvalue weighted by atomic mass is 19.4. The molecular weight excluding hydrogens is 311 g/mol. The summed E-state index contributed by atoms with van der Waals surface area (Å²) in [6.07, 6.45) is -1.64. The van der Waals surface area contributed by atoms with Gasteiger partial charge in [-0.05, 0) is 36.4 Å². The third-order valence-corrected chi connectivity index (χ3v) is 2.94. The molecule has 0 heterocycles. The van der Waals surface area contributed by atoms with E-state index in [0.717, 1.165) is 6.07 Å². The maximum Gasteiger partial charge on any atom is 0.417 e. The van der Waals surface area contributed by atoms with Crippen molar-refractivity contribution in [1.29, 1.82) is 5.26 Å². The molecule has 4 heteroatoms. The van der Waals surface area contributed by atoms with Crippen LogP contribution in [-0.4, -0.2) is 0 Å². The average molecular weight is 321 g/mol. The SMILES string of the molecule is N#Cc1ccccc1C#CC=CC#Cc1ccccc1C(F)(F)F. The van der Waals surface area contributed by atoms with Gasteiger partial charge in [0.25, 0.3) is 0 Å². The van der Waals surface area contributed by atoms with Gasteiger partial charge in [0.15, 0.2) is 0 Å². The monoisotopic (exact) mass is 321 g/mol. The molecule has 0 unspecified atom stereocenters. The van der Waals surface area contributed by atoms with Crippen molar-refractivity contribution in [3.63, 3.8) is 0 Å². The molecule has 0 N–H and O–H groups in total. The molecule has 0 bridgehead atoms. The van der Waals surface area contributed by atoms with E-state index in [9.17, 15) is 13.2 Å². The van der Waals surface area contributed by atoms with Crippen molar-refractivity contribution < 1.29 is 13.2 Å². The van der Waals surface area contributed by atoms with Gasteiger partial charge in [0.2, 0.25) is 0 Å². The number of nitrogens with zero attached hydrogens (tertiary/aromatic N) is 1. The van der Waals surface area contributed by atoms with Crippen molar-refractivity contribution in [2.45, 2.75) is 6.18 Å². The highest BCUT2D eigenvalue weighted by Gasteiger charge is 2.32. The van der Waals surface area contributed by atoms with Crippen molar-refractivity contribution >= 4 is 0 Å². The minimum atomic E-state index is -4.43. The van der Waals surface area contributed by atoms with Crippen LogP contribution < -0.4 is 0 Å². The predicted octanol–water partition coefficient (Wildman–Crippen LogP) is 4.54. The summed E-state index contributed by atoms with van der Waals surface area (Å²) in [5.41, 5.74) is 0.195. The molecule has 0 aliphatic heterocycles. The van der Waals surface area contributed by atoms with Crippen molar-refractivity contribution in [3.8, 4) is 29.8 Å². The van der Waals surface area contributed by atoms with Gasteiger partial charge in [0, 0.05) is 11.1 Å². The van der Waals surface area contributed by atoms with Crippen LogP contribution in [0.2, 0.25) is 0 Å². The molecule has 0 saturated heterocycles. The molecule has 0 saturated carbocycles. The highest BCUT2D eigenvalue weighted by molar-refractivity contribution is 5.49. The van der Waals surface area contributed by atoms with Crippen LogP contribution in [0, 0.1) is 35.0 Å². The van der Waals surface area contributed by atoms with Crippen LogP contribution in [-0.2, 0) is 6.18 Å². The van der Waals surface area contributed by atoms with Gasteiger partial charge < -0.3 is 0 Å². The number of benzene rings is 2. The Bertz CT molecular complexity index is 923. The highest BCUT2D eigenvalue weighted by Crippen LogP contribution is 2.31. The lowest BCUT2D eigenvalue weighted by Gasteiger charge is -2.07. The zero-order valence-electron chi connectivity index (χ0n) is 12.4. The van der Waals surface area contributed by atoms with E-state index in [-0.39, 0.29) is 5.56 Å². The molecule has 2 aromatic rings. The molecule has 0 aliphatic rings. The summed E-state index contributed by atoms with van der Waals surface area (Å²) in [5.74, 6) is 10.5. The first-order valence-corrected chi connectivity index (χ1v) is 6.86. The maximum absolute atomic E-state index is 12.8. The lowest BCUT2D eigenvalue weighted by molar-refractivity contribution is -0.137. The normalized spacial score (nSPS) is 10.2. The van der Waals surface area contributed by atoms with E-state index in [1.807, 2.05) is 6.07 Å². The average Bonchev–Trinajstić information content (AvgIpc) is 2.57. The summed E-state index contributed by atoms with van der Waals surface area (Å²) in [6.45, 7) is 0. The first-order chi connectivity index (χ1) is 11.5. The maximum atomic E-state index is 12.8. The first-order valence-electron chi connectivity index (χ1n) is 6.86. The second kappa shape index (κ2) is 7.73.